The number of hydrogen-bond donors (Lipinski definition) is 1. The summed E-state index contributed by atoms with van der Waals surface area (Å²) in [6, 6.07) is 2.57. The van der Waals surface area contributed by atoms with Crippen LogP contribution in [0.4, 0.5) is 24.8 Å². The number of pyridine rings is 1. The second-order valence-electron chi connectivity index (χ2n) is 10.0. The summed E-state index contributed by atoms with van der Waals surface area (Å²) >= 11 is 0. The normalized spacial score (nSPS) is 20.9. The average Bonchev–Trinajstić information content (AvgIpc) is 3.47. The van der Waals surface area contributed by atoms with E-state index in [1.54, 1.807) is 17.3 Å². The standard InChI is InChI=1S/C26H32F3N9O/c1-3-17-15-37(24-16(2)34-20(14-33-24)23-31-8-9-32-23)12-13-38(17)18-6-10-36(11-7-18)25(39)19-4-5-21(26(27,28)29)35-22(19)30/h4-5,8,14,17-18H,3,6-7,9-13,15H2,1-2H3,(H2,30,35)/t17-/m0/s1. The van der Waals surface area contributed by atoms with Crippen LogP contribution < -0.4 is 10.6 Å². The predicted molar refractivity (Wildman–Crippen MR) is 142 cm³/mol. The van der Waals surface area contributed by atoms with Gasteiger partial charge in [-0.3, -0.25) is 14.7 Å². The molecule has 0 bridgehead atoms. The fourth-order valence-corrected chi connectivity index (χ4v) is 5.63. The molecule has 39 heavy (non-hydrogen) atoms. The van der Waals surface area contributed by atoms with Gasteiger partial charge in [0.05, 0.1) is 24.0 Å². The third kappa shape index (κ3) is 5.58. The van der Waals surface area contributed by atoms with Crippen molar-refractivity contribution < 1.29 is 18.0 Å². The van der Waals surface area contributed by atoms with Gasteiger partial charge in [-0.25, -0.2) is 19.9 Å². The smallest absolute Gasteiger partial charge is 0.383 e. The minimum atomic E-state index is -4.61. The molecular weight excluding hydrogens is 511 g/mol. The summed E-state index contributed by atoms with van der Waals surface area (Å²) in [5, 5.41) is 0. The Morgan fingerprint density at radius 2 is 1.90 bits per heavy atom. The number of halogens is 3. The molecule has 1 amide bonds. The number of hydrogen-bond acceptors (Lipinski definition) is 9. The number of carbonyl (C=O) groups is 1. The molecule has 2 N–H and O–H groups in total. The molecule has 3 aliphatic rings. The molecule has 1 atom stereocenters. The molecule has 0 radical (unpaired) electrons. The van der Waals surface area contributed by atoms with E-state index in [-0.39, 0.29) is 11.5 Å². The minimum absolute atomic E-state index is 0.0100. The summed E-state index contributed by atoms with van der Waals surface area (Å²) in [6.45, 7) is 8.26. The fraction of sp³-hybridized carbons (Fsp3) is 0.538. The van der Waals surface area contributed by atoms with Gasteiger partial charge in [0.25, 0.3) is 5.91 Å². The maximum atomic E-state index is 13.0. The molecular formula is C26H32F3N9O. The van der Waals surface area contributed by atoms with Gasteiger partial charge in [0.15, 0.2) is 5.84 Å². The average molecular weight is 544 g/mol. The van der Waals surface area contributed by atoms with Crippen LogP contribution in [-0.4, -0.2) is 94.1 Å². The quantitative estimate of drug-likeness (QED) is 0.617. The molecule has 0 saturated carbocycles. The summed E-state index contributed by atoms with van der Waals surface area (Å²) in [5.41, 5.74) is 6.17. The highest BCUT2D eigenvalue weighted by atomic mass is 19.4. The maximum absolute atomic E-state index is 13.0. The minimum Gasteiger partial charge on any atom is -0.383 e. The first-order valence-corrected chi connectivity index (χ1v) is 13.2. The first-order chi connectivity index (χ1) is 18.7. The maximum Gasteiger partial charge on any atom is 0.433 e. The van der Waals surface area contributed by atoms with Crippen LogP contribution in [0.3, 0.4) is 0 Å². The van der Waals surface area contributed by atoms with Crippen LogP contribution in [0.5, 0.6) is 0 Å². The number of nitrogen functional groups attached to an aromatic ring is 1. The van der Waals surface area contributed by atoms with Crippen molar-refractivity contribution in [2.24, 2.45) is 9.98 Å². The van der Waals surface area contributed by atoms with Crippen LogP contribution in [0, 0.1) is 6.92 Å². The Bertz CT molecular complexity index is 1290. The second-order valence-corrected chi connectivity index (χ2v) is 10.0. The van der Waals surface area contributed by atoms with E-state index in [1.807, 2.05) is 6.92 Å². The first-order valence-electron chi connectivity index (χ1n) is 13.2. The van der Waals surface area contributed by atoms with E-state index in [4.69, 9.17) is 15.7 Å². The number of aliphatic imine (C=N–C) groups is 2. The number of amides is 1. The zero-order chi connectivity index (χ0) is 27.7. The number of aryl methyl sites for hydroxylation is 1. The molecule has 208 valence electrons. The Morgan fingerprint density at radius 1 is 1.13 bits per heavy atom. The van der Waals surface area contributed by atoms with E-state index in [2.05, 4.69) is 31.7 Å². The first kappa shape index (κ1) is 27.0. The van der Waals surface area contributed by atoms with Gasteiger partial charge in [-0.05, 0) is 38.3 Å². The number of likely N-dealkylation sites (tertiary alicyclic amines) is 1. The summed E-state index contributed by atoms with van der Waals surface area (Å²) in [5.74, 6) is 0.725. The summed E-state index contributed by atoms with van der Waals surface area (Å²) in [6.07, 6.45) is 1.43. The topological polar surface area (TPSA) is 116 Å². The molecule has 5 rings (SSSR count). The number of nitrogens with zero attached hydrogens (tertiary/aromatic N) is 8. The van der Waals surface area contributed by atoms with Gasteiger partial charge < -0.3 is 15.5 Å². The third-order valence-corrected chi connectivity index (χ3v) is 7.65. The number of piperazine rings is 1. The molecule has 2 aromatic heterocycles. The summed E-state index contributed by atoms with van der Waals surface area (Å²) in [7, 11) is 0. The lowest BCUT2D eigenvalue weighted by atomic mass is 9.97. The number of anilines is 2. The van der Waals surface area contributed by atoms with Crippen molar-refractivity contribution in [2.75, 3.05) is 49.9 Å². The molecule has 5 heterocycles. The van der Waals surface area contributed by atoms with Gasteiger partial charge in [0, 0.05) is 51.0 Å². The van der Waals surface area contributed by atoms with Crippen LogP contribution in [0.25, 0.3) is 0 Å². The van der Waals surface area contributed by atoms with E-state index in [0.717, 1.165) is 62.5 Å². The molecule has 2 aromatic rings. The van der Waals surface area contributed by atoms with Crippen LogP contribution >= 0.6 is 0 Å². The lowest BCUT2D eigenvalue weighted by Gasteiger charge is -2.47. The Balaban J connectivity index is 1.19. The zero-order valence-corrected chi connectivity index (χ0v) is 22.0. The molecule has 3 aliphatic heterocycles. The van der Waals surface area contributed by atoms with Gasteiger partial charge in [0.1, 0.15) is 23.0 Å². The molecule has 0 spiro atoms. The van der Waals surface area contributed by atoms with Crippen molar-refractivity contribution >= 4 is 29.6 Å². The molecule has 10 nitrogen and oxygen atoms in total. The molecule has 0 aliphatic carbocycles. The van der Waals surface area contributed by atoms with Gasteiger partial charge in [-0.15, -0.1) is 0 Å². The molecule has 13 heteroatoms. The Kier molecular flexibility index (Phi) is 7.52. The second kappa shape index (κ2) is 10.9. The van der Waals surface area contributed by atoms with Crippen molar-refractivity contribution in [1.82, 2.24) is 24.8 Å². The fourth-order valence-electron chi connectivity index (χ4n) is 5.63. The van der Waals surface area contributed by atoms with Crippen LogP contribution in [0.15, 0.2) is 28.3 Å². The molecule has 2 saturated heterocycles. The highest BCUT2D eigenvalue weighted by Gasteiger charge is 2.36. The van der Waals surface area contributed by atoms with E-state index < -0.39 is 17.7 Å². The van der Waals surface area contributed by atoms with Crippen molar-refractivity contribution in [2.45, 2.75) is 51.4 Å². The molecule has 2 fully saturated rings. The van der Waals surface area contributed by atoms with Gasteiger partial charge in [-0.1, -0.05) is 6.92 Å². The predicted octanol–water partition coefficient (Wildman–Crippen LogP) is 2.82. The third-order valence-electron chi connectivity index (χ3n) is 7.65. The zero-order valence-electron chi connectivity index (χ0n) is 22.0. The Labute approximate surface area is 224 Å². The number of rotatable bonds is 5. The van der Waals surface area contributed by atoms with E-state index in [9.17, 15) is 18.0 Å². The SMILES string of the molecule is CC[C@H]1CN(c2ncc(C3=NCC=N3)nc2C)CCN1C1CCN(C(=O)c2ccc(C(F)(F)F)nc2N)CC1. The number of carbonyl (C=O) groups excluding carboxylic acids is 1. The van der Waals surface area contributed by atoms with E-state index >= 15 is 0 Å². The number of aromatic nitrogens is 3. The van der Waals surface area contributed by atoms with Gasteiger partial charge in [0.2, 0.25) is 0 Å². The van der Waals surface area contributed by atoms with Gasteiger partial charge >= 0.3 is 6.18 Å². The van der Waals surface area contributed by atoms with Crippen molar-refractivity contribution in [3.05, 3.63) is 41.0 Å². The molecule has 0 aromatic carbocycles. The monoisotopic (exact) mass is 543 g/mol. The van der Waals surface area contributed by atoms with Crippen LogP contribution in [0.2, 0.25) is 0 Å². The van der Waals surface area contributed by atoms with Crippen molar-refractivity contribution in [1.29, 1.82) is 0 Å². The lowest BCUT2D eigenvalue weighted by molar-refractivity contribution is -0.141. The summed E-state index contributed by atoms with van der Waals surface area (Å²) < 4.78 is 38.7. The largest absolute Gasteiger partial charge is 0.433 e. The Hall–Kier alpha value is -3.61. The number of piperidine rings is 1. The number of alkyl halides is 3. The van der Waals surface area contributed by atoms with E-state index in [1.165, 1.54) is 0 Å². The highest BCUT2D eigenvalue weighted by Crippen LogP contribution is 2.30. The Morgan fingerprint density at radius 3 is 2.51 bits per heavy atom. The van der Waals surface area contributed by atoms with Crippen molar-refractivity contribution in [3.63, 3.8) is 0 Å². The molecule has 0 unspecified atom stereocenters. The van der Waals surface area contributed by atoms with Crippen LogP contribution in [0.1, 0.15) is 53.6 Å². The summed E-state index contributed by atoms with van der Waals surface area (Å²) in [4.78, 5) is 40.9. The number of nitrogens with two attached hydrogens (primary N) is 1. The van der Waals surface area contributed by atoms with E-state index in [0.29, 0.717) is 43.2 Å². The number of amidine groups is 1. The highest BCUT2D eigenvalue weighted by molar-refractivity contribution is 6.04. The van der Waals surface area contributed by atoms with Gasteiger partial charge in [-0.2, -0.15) is 13.2 Å². The van der Waals surface area contributed by atoms with Crippen molar-refractivity contribution in [3.8, 4) is 0 Å². The lowest BCUT2D eigenvalue weighted by Crippen LogP contribution is -2.59. The van der Waals surface area contributed by atoms with Crippen LogP contribution in [-0.2, 0) is 6.18 Å².